The molecule has 0 fully saturated rings. The SMILES string of the molecule is CC(=O)Oc1c(O)cc(O)cc1C=Cc1ccc(O)cc1. The first-order valence-electron chi connectivity index (χ1n) is 6.17. The minimum absolute atomic E-state index is 0.0182. The topological polar surface area (TPSA) is 87.0 Å². The second-order valence-corrected chi connectivity index (χ2v) is 4.40. The van der Waals surface area contributed by atoms with E-state index in [0.29, 0.717) is 5.56 Å². The van der Waals surface area contributed by atoms with Crippen molar-refractivity contribution in [3.05, 3.63) is 47.5 Å². The maximum absolute atomic E-state index is 11.1. The number of carbonyl (C=O) groups is 1. The Hall–Kier alpha value is -2.95. The first kappa shape index (κ1) is 14.5. The summed E-state index contributed by atoms with van der Waals surface area (Å²) in [6.07, 6.45) is 3.28. The monoisotopic (exact) mass is 286 g/mol. The molecule has 0 heterocycles. The van der Waals surface area contributed by atoms with Gasteiger partial charge in [-0.2, -0.15) is 0 Å². The van der Waals surface area contributed by atoms with Crippen molar-refractivity contribution in [2.45, 2.75) is 6.92 Å². The van der Waals surface area contributed by atoms with Crippen LogP contribution in [0.25, 0.3) is 12.2 Å². The number of ether oxygens (including phenoxy) is 1. The van der Waals surface area contributed by atoms with Gasteiger partial charge < -0.3 is 20.1 Å². The highest BCUT2D eigenvalue weighted by atomic mass is 16.5. The Morgan fingerprint density at radius 3 is 2.29 bits per heavy atom. The van der Waals surface area contributed by atoms with E-state index in [-0.39, 0.29) is 23.0 Å². The van der Waals surface area contributed by atoms with E-state index in [9.17, 15) is 20.1 Å². The molecule has 0 aliphatic rings. The van der Waals surface area contributed by atoms with Crippen LogP contribution in [0.1, 0.15) is 18.1 Å². The first-order valence-corrected chi connectivity index (χ1v) is 6.17. The zero-order valence-corrected chi connectivity index (χ0v) is 11.3. The molecule has 2 aromatic carbocycles. The standard InChI is InChI=1S/C16H14O5/c1-10(17)21-16-12(8-14(19)9-15(16)20)5-2-11-3-6-13(18)7-4-11/h2-9,18-20H,1H3. The Bertz CT molecular complexity index is 687. The lowest BCUT2D eigenvalue weighted by Gasteiger charge is -2.08. The molecule has 0 saturated carbocycles. The molecule has 2 aromatic rings. The van der Waals surface area contributed by atoms with E-state index in [1.807, 2.05) is 0 Å². The van der Waals surface area contributed by atoms with Crippen molar-refractivity contribution in [3.63, 3.8) is 0 Å². The van der Waals surface area contributed by atoms with Gasteiger partial charge in [-0.1, -0.05) is 24.3 Å². The van der Waals surface area contributed by atoms with Crippen LogP contribution in [0, 0.1) is 0 Å². The zero-order valence-electron chi connectivity index (χ0n) is 11.3. The average Bonchev–Trinajstić information content (AvgIpc) is 2.41. The fourth-order valence-electron chi connectivity index (χ4n) is 1.77. The van der Waals surface area contributed by atoms with Gasteiger partial charge >= 0.3 is 5.97 Å². The van der Waals surface area contributed by atoms with Crippen molar-refractivity contribution >= 4 is 18.1 Å². The van der Waals surface area contributed by atoms with E-state index in [2.05, 4.69) is 0 Å². The van der Waals surface area contributed by atoms with Crippen molar-refractivity contribution in [2.75, 3.05) is 0 Å². The highest BCUT2D eigenvalue weighted by Gasteiger charge is 2.12. The van der Waals surface area contributed by atoms with Crippen LogP contribution in [-0.2, 0) is 4.79 Å². The van der Waals surface area contributed by atoms with E-state index in [1.54, 1.807) is 24.3 Å². The van der Waals surface area contributed by atoms with Crippen LogP contribution in [0.3, 0.4) is 0 Å². The molecule has 0 aromatic heterocycles. The summed E-state index contributed by atoms with van der Waals surface area (Å²) in [7, 11) is 0. The summed E-state index contributed by atoms with van der Waals surface area (Å²) >= 11 is 0. The van der Waals surface area contributed by atoms with Crippen LogP contribution in [-0.4, -0.2) is 21.3 Å². The molecular weight excluding hydrogens is 272 g/mol. The maximum atomic E-state index is 11.1. The molecule has 5 heteroatoms. The van der Waals surface area contributed by atoms with Crippen molar-refractivity contribution in [1.29, 1.82) is 0 Å². The third-order valence-corrected chi connectivity index (χ3v) is 2.68. The molecule has 0 radical (unpaired) electrons. The number of hydrogen-bond acceptors (Lipinski definition) is 5. The summed E-state index contributed by atoms with van der Waals surface area (Å²) < 4.78 is 4.95. The van der Waals surface area contributed by atoms with Gasteiger partial charge in [-0.05, 0) is 23.8 Å². The second-order valence-electron chi connectivity index (χ2n) is 4.40. The summed E-state index contributed by atoms with van der Waals surface area (Å²) in [6, 6.07) is 8.92. The Morgan fingerprint density at radius 1 is 1.00 bits per heavy atom. The number of aromatic hydroxyl groups is 3. The zero-order chi connectivity index (χ0) is 15.4. The number of phenols is 3. The minimum atomic E-state index is -0.574. The highest BCUT2D eigenvalue weighted by Crippen LogP contribution is 2.35. The molecule has 0 bridgehead atoms. The molecule has 2 rings (SSSR count). The summed E-state index contributed by atoms with van der Waals surface area (Å²) in [5.41, 5.74) is 1.15. The Labute approximate surface area is 121 Å². The highest BCUT2D eigenvalue weighted by molar-refractivity contribution is 5.79. The summed E-state index contributed by atoms with van der Waals surface area (Å²) in [5, 5.41) is 28.5. The summed E-state index contributed by atoms with van der Waals surface area (Å²) in [4.78, 5) is 11.1. The van der Waals surface area contributed by atoms with Gasteiger partial charge in [0.1, 0.15) is 11.5 Å². The van der Waals surface area contributed by atoms with Gasteiger partial charge in [-0.15, -0.1) is 0 Å². The molecule has 0 amide bonds. The van der Waals surface area contributed by atoms with Gasteiger partial charge in [0.15, 0.2) is 11.5 Å². The number of carbonyl (C=O) groups excluding carboxylic acids is 1. The maximum Gasteiger partial charge on any atom is 0.308 e. The molecule has 0 spiro atoms. The Balaban J connectivity index is 2.37. The fraction of sp³-hybridized carbons (Fsp3) is 0.0625. The van der Waals surface area contributed by atoms with Gasteiger partial charge in [0, 0.05) is 18.6 Å². The van der Waals surface area contributed by atoms with Crippen molar-refractivity contribution in [2.24, 2.45) is 0 Å². The normalized spacial score (nSPS) is 10.7. The van der Waals surface area contributed by atoms with Crippen LogP contribution in [0.4, 0.5) is 0 Å². The molecule has 0 unspecified atom stereocenters. The van der Waals surface area contributed by atoms with Gasteiger partial charge in [0.25, 0.3) is 0 Å². The van der Waals surface area contributed by atoms with E-state index in [1.165, 1.54) is 25.1 Å². The molecule has 0 aliphatic heterocycles. The molecular formula is C16H14O5. The van der Waals surface area contributed by atoms with Gasteiger partial charge in [-0.25, -0.2) is 0 Å². The van der Waals surface area contributed by atoms with Crippen LogP contribution < -0.4 is 4.74 Å². The lowest BCUT2D eigenvalue weighted by molar-refractivity contribution is -0.132. The van der Waals surface area contributed by atoms with E-state index in [4.69, 9.17) is 4.74 Å². The molecule has 21 heavy (non-hydrogen) atoms. The molecule has 0 saturated heterocycles. The Kier molecular flexibility index (Phi) is 4.13. The van der Waals surface area contributed by atoms with Crippen LogP contribution >= 0.6 is 0 Å². The number of esters is 1. The fourth-order valence-corrected chi connectivity index (χ4v) is 1.77. The quantitative estimate of drug-likeness (QED) is 0.459. The lowest BCUT2D eigenvalue weighted by Crippen LogP contribution is -2.03. The van der Waals surface area contributed by atoms with E-state index < -0.39 is 5.97 Å². The molecule has 3 N–H and O–H groups in total. The number of rotatable bonds is 3. The van der Waals surface area contributed by atoms with E-state index in [0.717, 1.165) is 11.6 Å². The molecule has 108 valence electrons. The van der Waals surface area contributed by atoms with E-state index >= 15 is 0 Å². The third kappa shape index (κ3) is 3.76. The van der Waals surface area contributed by atoms with Gasteiger partial charge in [-0.3, -0.25) is 4.79 Å². The molecule has 0 aliphatic carbocycles. The Morgan fingerprint density at radius 2 is 1.67 bits per heavy atom. The summed E-state index contributed by atoms with van der Waals surface area (Å²) in [6.45, 7) is 1.22. The van der Waals surface area contributed by atoms with Gasteiger partial charge in [0.05, 0.1) is 0 Å². The first-order chi connectivity index (χ1) is 9.95. The number of phenolic OH excluding ortho intramolecular Hbond substituents is 3. The van der Waals surface area contributed by atoms with Crippen molar-refractivity contribution in [3.8, 4) is 23.0 Å². The predicted octanol–water partition coefficient (Wildman–Crippen LogP) is 2.90. The van der Waals surface area contributed by atoms with Crippen LogP contribution in [0.15, 0.2) is 36.4 Å². The average molecular weight is 286 g/mol. The smallest absolute Gasteiger partial charge is 0.308 e. The van der Waals surface area contributed by atoms with Crippen LogP contribution in [0.5, 0.6) is 23.0 Å². The summed E-state index contributed by atoms with van der Waals surface area (Å²) in [5.74, 6) is -0.905. The largest absolute Gasteiger partial charge is 0.508 e. The van der Waals surface area contributed by atoms with Gasteiger partial charge in [0.2, 0.25) is 0 Å². The number of hydrogen-bond donors (Lipinski definition) is 3. The molecule has 0 atom stereocenters. The minimum Gasteiger partial charge on any atom is -0.508 e. The van der Waals surface area contributed by atoms with Crippen LogP contribution in [0.2, 0.25) is 0 Å². The third-order valence-electron chi connectivity index (χ3n) is 2.68. The number of benzene rings is 2. The van der Waals surface area contributed by atoms with Crippen molar-refractivity contribution in [1.82, 2.24) is 0 Å². The predicted molar refractivity (Wildman–Crippen MR) is 78.1 cm³/mol. The van der Waals surface area contributed by atoms with Crippen molar-refractivity contribution < 1.29 is 24.9 Å². The second kappa shape index (κ2) is 6.00. The lowest BCUT2D eigenvalue weighted by atomic mass is 10.1. The molecule has 5 nitrogen and oxygen atoms in total.